The summed E-state index contributed by atoms with van der Waals surface area (Å²) in [6.45, 7) is 11.5. The van der Waals surface area contributed by atoms with E-state index in [1.807, 2.05) is 20.8 Å². The summed E-state index contributed by atoms with van der Waals surface area (Å²) >= 11 is 0. The van der Waals surface area contributed by atoms with Gasteiger partial charge in [-0.25, -0.2) is 4.79 Å². The van der Waals surface area contributed by atoms with Crippen molar-refractivity contribution >= 4 is 6.09 Å². The maximum absolute atomic E-state index is 11.6. The van der Waals surface area contributed by atoms with Crippen LogP contribution in [0, 0.1) is 0 Å². The number of alkyl carbamates (subject to hydrolysis) is 1. The predicted octanol–water partition coefficient (Wildman–Crippen LogP) is 4.43. The summed E-state index contributed by atoms with van der Waals surface area (Å²) in [6, 6.07) is 0.0153. The van der Waals surface area contributed by atoms with Gasteiger partial charge in [0.25, 0.3) is 0 Å². The molecule has 0 saturated heterocycles. The van der Waals surface area contributed by atoms with Crippen LogP contribution in [0.3, 0.4) is 0 Å². The number of ether oxygens (including phenoxy) is 1. The second-order valence-corrected chi connectivity index (χ2v) is 5.69. The number of unbranched alkanes of at least 4 members (excludes halogenated alkanes) is 4. The van der Waals surface area contributed by atoms with Gasteiger partial charge in [-0.05, 0) is 27.2 Å². The minimum absolute atomic E-state index is 0.0153. The van der Waals surface area contributed by atoms with Crippen LogP contribution in [0.5, 0.6) is 0 Å². The fourth-order valence-corrected chi connectivity index (χ4v) is 1.68. The number of carbonyl (C=O) groups excluding carboxylic acids is 1. The van der Waals surface area contributed by atoms with Gasteiger partial charge < -0.3 is 10.1 Å². The summed E-state index contributed by atoms with van der Waals surface area (Å²) in [5.74, 6) is 0. The average Bonchev–Trinajstić information content (AvgIpc) is 2.24. The van der Waals surface area contributed by atoms with Crippen LogP contribution >= 0.6 is 0 Å². The van der Waals surface area contributed by atoms with Crippen molar-refractivity contribution in [2.45, 2.75) is 77.9 Å². The van der Waals surface area contributed by atoms with E-state index in [-0.39, 0.29) is 12.1 Å². The van der Waals surface area contributed by atoms with Crippen molar-refractivity contribution in [1.29, 1.82) is 0 Å². The summed E-state index contributed by atoms with van der Waals surface area (Å²) in [4.78, 5) is 11.6. The second kappa shape index (κ2) is 9.01. The molecule has 1 atom stereocenters. The topological polar surface area (TPSA) is 38.3 Å². The van der Waals surface area contributed by atoms with Crippen molar-refractivity contribution in [2.75, 3.05) is 0 Å². The Hall–Kier alpha value is -0.990. The zero-order valence-corrected chi connectivity index (χ0v) is 12.4. The van der Waals surface area contributed by atoms with Gasteiger partial charge in [0.1, 0.15) is 5.60 Å². The average molecular weight is 255 g/mol. The highest BCUT2D eigenvalue weighted by Gasteiger charge is 2.17. The Bertz CT molecular complexity index is 243. The number of rotatable bonds is 8. The largest absolute Gasteiger partial charge is 0.444 e. The van der Waals surface area contributed by atoms with Gasteiger partial charge in [0.05, 0.1) is 6.04 Å². The lowest BCUT2D eigenvalue weighted by Gasteiger charge is -2.22. The maximum Gasteiger partial charge on any atom is 0.408 e. The molecule has 3 heteroatoms. The first-order chi connectivity index (χ1) is 8.39. The Morgan fingerprint density at radius 1 is 1.28 bits per heavy atom. The third-order valence-corrected chi connectivity index (χ3v) is 2.61. The van der Waals surface area contributed by atoms with Crippen molar-refractivity contribution in [3.63, 3.8) is 0 Å². The second-order valence-electron chi connectivity index (χ2n) is 5.69. The number of hydrogen-bond donors (Lipinski definition) is 1. The molecule has 1 N–H and O–H groups in total. The Morgan fingerprint density at radius 3 is 2.39 bits per heavy atom. The Kier molecular flexibility index (Phi) is 8.51. The molecule has 1 amide bonds. The first-order valence-electron chi connectivity index (χ1n) is 7.01. The van der Waals surface area contributed by atoms with E-state index in [2.05, 4.69) is 18.8 Å². The molecular weight excluding hydrogens is 226 g/mol. The fraction of sp³-hybridized carbons (Fsp3) is 0.800. The number of amides is 1. The summed E-state index contributed by atoms with van der Waals surface area (Å²) in [5, 5.41) is 2.83. The van der Waals surface area contributed by atoms with E-state index in [0.29, 0.717) is 0 Å². The minimum atomic E-state index is -0.447. The highest BCUT2D eigenvalue weighted by atomic mass is 16.6. The molecule has 0 unspecified atom stereocenters. The van der Waals surface area contributed by atoms with Crippen LogP contribution in [0.4, 0.5) is 4.79 Å². The Labute approximate surface area is 112 Å². The first kappa shape index (κ1) is 17.0. The van der Waals surface area contributed by atoms with E-state index in [9.17, 15) is 4.79 Å². The highest BCUT2D eigenvalue weighted by Crippen LogP contribution is 2.10. The monoisotopic (exact) mass is 255 g/mol. The molecule has 0 saturated carbocycles. The molecule has 0 aliphatic carbocycles. The van der Waals surface area contributed by atoms with Crippen LogP contribution in [-0.4, -0.2) is 17.7 Å². The SMILES string of the molecule is C=C[C@@H](CCCCCCC)NC(=O)OC(C)(C)C. The van der Waals surface area contributed by atoms with E-state index >= 15 is 0 Å². The van der Waals surface area contributed by atoms with Crippen molar-refractivity contribution < 1.29 is 9.53 Å². The van der Waals surface area contributed by atoms with Crippen LogP contribution in [0.15, 0.2) is 12.7 Å². The maximum atomic E-state index is 11.6. The van der Waals surface area contributed by atoms with Crippen molar-refractivity contribution in [1.82, 2.24) is 5.32 Å². The normalized spacial score (nSPS) is 12.9. The molecular formula is C15H29NO2. The van der Waals surface area contributed by atoms with Crippen molar-refractivity contribution in [2.24, 2.45) is 0 Å². The van der Waals surface area contributed by atoms with Crippen LogP contribution in [0.2, 0.25) is 0 Å². The molecule has 0 fully saturated rings. The van der Waals surface area contributed by atoms with Gasteiger partial charge in [-0.3, -0.25) is 0 Å². The highest BCUT2D eigenvalue weighted by molar-refractivity contribution is 5.68. The number of carbonyl (C=O) groups is 1. The molecule has 0 heterocycles. The quantitative estimate of drug-likeness (QED) is 0.515. The predicted molar refractivity (Wildman–Crippen MR) is 76.7 cm³/mol. The molecule has 0 aromatic carbocycles. The molecule has 0 aliphatic heterocycles. The molecule has 0 aromatic heterocycles. The van der Waals surface area contributed by atoms with Gasteiger partial charge in [0, 0.05) is 0 Å². The summed E-state index contributed by atoms with van der Waals surface area (Å²) in [5.41, 5.74) is -0.447. The van der Waals surface area contributed by atoms with Gasteiger partial charge in [-0.15, -0.1) is 6.58 Å². The van der Waals surface area contributed by atoms with Crippen LogP contribution in [0.1, 0.15) is 66.2 Å². The molecule has 18 heavy (non-hydrogen) atoms. The molecule has 0 aliphatic rings. The lowest BCUT2D eigenvalue weighted by molar-refractivity contribution is 0.0512. The molecule has 0 bridgehead atoms. The molecule has 0 aromatic rings. The molecule has 0 rings (SSSR count). The minimum Gasteiger partial charge on any atom is -0.444 e. The van der Waals surface area contributed by atoms with Gasteiger partial charge in [0.2, 0.25) is 0 Å². The molecule has 106 valence electrons. The zero-order valence-electron chi connectivity index (χ0n) is 12.4. The smallest absolute Gasteiger partial charge is 0.408 e. The zero-order chi connectivity index (χ0) is 14.0. The number of nitrogens with one attached hydrogen (secondary N) is 1. The lowest BCUT2D eigenvalue weighted by atomic mass is 10.1. The van der Waals surface area contributed by atoms with Crippen LogP contribution in [-0.2, 0) is 4.74 Å². The van der Waals surface area contributed by atoms with E-state index in [1.165, 1.54) is 25.7 Å². The molecule has 3 nitrogen and oxygen atoms in total. The Balaban J connectivity index is 3.82. The van der Waals surface area contributed by atoms with E-state index in [1.54, 1.807) is 6.08 Å². The van der Waals surface area contributed by atoms with Crippen LogP contribution < -0.4 is 5.32 Å². The van der Waals surface area contributed by atoms with Gasteiger partial charge in [-0.2, -0.15) is 0 Å². The summed E-state index contributed by atoms with van der Waals surface area (Å²) in [7, 11) is 0. The third-order valence-electron chi connectivity index (χ3n) is 2.61. The first-order valence-corrected chi connectivity index (χ1v) is 7.01. The third kappa shape index (κ3) is 10.2. The van der Waals surface area contributed by atoms with E-state index in [4.69, 9.17) is 4.74 Å². The van der Waals surface area contributed by atoms with E-state index < -0.39 is 5.60 Å². The van der Waals surface area contributed by atoms with Gasteiger partial charge in [0.15, 0.2) is 0 Å². The summed E-state index contributed by atoms with van der Waals surface area (Å²) < 4.78 is 5.22. The molecule has 0 radical (unpaired) electrons. The van der Waals surface area contributed by atoms with Gasteiger partial charge in [-0.1, -0.05) is 45.1 Å². The van der Waals surface area contributed by atoms with Crippen molar-refractivity contribution in [3.8, 4) is 0 Å². The lowest BCUT2D eigenvalue weighted by Crippen LogP contribution is -2.38. The van der Waals surface area contributed by atoms with Crippen molar-refractivity contribution in [3.05, 3.63) is 12.7 Å². The number of hydrogen-bond acceptors (Lipinski definition) is 2. The molecule has 0 spiro atoms. The summed E-state index contributed by atoms with van der Waals surface area (Å²) in [6.07, 6.45) is 8.50. The fourth-order valence-electron chi connectivity index (χ4n) is 1.68. The van der Waals surface area contributed by atoms with Gasteiger partial charge >= 0.3 is 6.09 Å². The Morgan fingerprint density at radius 2 is 1.89 bits per heavy atom. The standard InChI is InChI=1S/C15H29NO2/c1-6-8-9-10-11-12-13(7-2)16-14(17)18-15(3,4)5/h7,13H,2,6,8-12H2,1,3-5H3,(H,16,17)/t13-/m0/s1. The van der Waals surface area contributed by atoms with Crippen LogP contribution in [0.25, 0.3) is 0 Å². The van der Waals surface area contributed by atoms with E-state index in [0.717, 1.165) is 12.8 Å².